The zero-order valence-corrected chi connectivity index (χ0v) is 62.9. The van der Waals surface area contributed by atoms with Crippen LogP contribution in [-0.2, 0) is 0 Å². The van der Waals surface area contributed by atoms with Crippen molar-refractivity contribution in [3.63, 3.8) is 0 Å². The van der Waals surface area contributed by atoms with E-state index in [-0.39, 0.29) is 14.9 Å². The number of likely N-dealkylation sites (tertiary alicyclic amines) is 3. The Kier molecular flexibility index (Phi) is 48.7. The molecule has 0 amide bonds. The molecule has 0 spiro atoms. The fourth-order valence-electron chi connectivity index (χ4n) is 12.9. The van der Waals surface area contributed by atoms with Crippen molar-refractivity contribution < 1.29 is 0 Å². The number of allylic oxidation sites excluding steroid dienone is 2. The van der Waals surface area contributed by atoms with E-state index in [9.17, 15) is 0 Å². The third-order valence-corrected chi connectivity index (χ3v) is 19.7. The first-order chi connectivity index (χ1) is 40.3. The Morgan fingerprint density at radius 2 is 0.864 bits per heavy atom. The molecule has 0 aromatic carbocycles. The Balaban J connectivity index is 0. The van der Waals surface area contributed by atoms with Crippen LogP contribution in [0.5, 0.6) is 0 Å². The first-order valence-corrected chi connectivity index (χ1v) is 35.8. The lowest BCUT2D eigenvalue weighted by Crippen LogP contribution is -2.47. The molecule has 88 heavy (non-hydrogen) atoms. The topological polar surface area (TPSA) is 32.4 Å². The van der Waals surface area contributed by atoms with E-state index in [1.165, 1.54) is 168 Å². The summed E-state index contributed by atoms with van der Waals surface area (Å²) in [4.78, 5) is 24.0. The predicted octanol–water partition coefficient (Wildman–Crippen LogP) is 16.7. The quantitative estimate of drug-likeness (QED) is 0.208. The number of hydrogen-bond acceptors (Lipinski definition) is 10. The van der Waals surface area contributed by atoms with Crippen molar-refractivity contribution in [2.45, 2.75) is 216 Å². The van der Waals surface area contributed by atoms with Crippen molar-refractivity contribution in [1.29, 1.82) is 0 Å². The minimum absolute atomic E-state index is 0. The highest BCUT2D eigenvalue weighted by Gasteiger charge is 2.24. The maximum absolute atomic E-state index is 2.53. The second kappa shape index (κ2) is 48.7. The lowest BCUT2D eigenvalue weighted by Gasteiger charge is -2.34. The van der Waals surface area contributed by atoms with E-state index >= 15 is 0 Å². The number of hydrogen-bond donors (Lipinski definition) is 0. The summed E-state index contributed by atoms with van der Waals surface area (Å²) in [5, 5.41) is 0. The molecule has 0 aromatic rings. The molecule has 522 valence electrons. The van der Waals surface area contributed by atoms with Crippen molar-refractivity contribution in [3.05, 3.63) is 58.5 Å². The Hall–Kier alpha value is -2.02. The maximum Gasteiger partial charge on any atom is 0.0207 e. The van der Waals surface area contributed by atoms with Gasteiger partial charge < -0.3 is 39.2 Å². The highest BCUT2D eigenvalue weighted by molar-refractivity contribution is 5.13. The van der Waals surface area contributed by atoms with Crippen molar-refractivity contribution in [2.24, 2.45) is 59.2 Å². The van der Waals surface area contributed by atoms with Crippen LogP contribution in [0.1, 0.15) is 204 Å². The number of nitrogens with zero attached hydrogens (tertiary/aromatic N) is 10. The van der Waals surface area contributed by atoms with Gasteiger partial charge in [-0.2, -0.15) is 0 Å². The first kappa shape index (κ1) is 88.0. The molecule has 0 saturated carbocycles. The van der Waals surface area contributed by atoms with E-state index in [4.69, 9.17) is 0 Å². The minimum Gasteiger partial charge on any atom is -0.380 e. The molecule has 0 N–H and O–H groups in total. The molecule has 4 fully saturated rings. The summed E-state index contributed by atoms with van der Waals surface area (Å²) in [6.45, 7) is 62.2. The van der Waals surface area contributed by atoms with Crippen LogP contribution in [0.15, 0.2) is 58.5 Å². The minimum atomic E-state index is 0. The number of piperazine rings is 1. The molecule has 4 saturated heterocycles. The van der Waals surface area contributed by atoms with Gasteiger partial charge in [0.25, 0.3) is 0 Å². The van der Waals surface area contributed by atoms with E-state index in [1.807, 2.05) is 0 Å². The molecule has 0 aliphatic carbocycles. The monoisotopic (exact) mass is 1240 g/mol. The molecule has 10 heteroatoms. The van der Waals surface area contributed by atoms with Gasteiger partial charge in [0.2, 0.25) is 0 Å². The molecule has 3 unspecified atom stereocenters. The van der Waals surface area contributed by atoms with Gasteiger partial charge in [0.05, 0.1) is 0 Å². The van der Waals surface area contributed by atoms with Crippen LogP contribution in [0.3, 0.4) is 0 Å². The van der Waals surface area contributed by atoms with Crippen LogP contribution in [0.4, 0.5) is 0 Å². The fourth-order valence-corrected chi connectivity index (χ4v) is 12.9. The summed E-state index contributed by atoms with van der Waals surface area (Å²) >= 11 is 0. The molecule has 10 nitrogen and oxygen atoms in total. The third-order valence-electron chi connectivity index (χ3n) is 19.7. The third kappa shape index (κ3) is 38.9. The normalized spacial score (nSPS) is 23.4. The summed E-state index contributed by atoms with van der Waals surface area (Å²) in [5.74, 6) is 8.22. The van der Waals surface area contributed by atoms with E-state index in [0.717, 1.165) is 78.4 Å². The van der Waals surface area contributed by atoms with E-state index in [2.05, 4.69) is 268 Å². The Bertz CT molecular complexity index is 1870. The SMILES string of the molecule is C.C.CC(C)C1=CCCN(C)C1.CC(C)C1=CCCN1C.CC(C)C1=CCN(C)C1.CC(C)C1=CCN(C)CC1.CC(C)C1=CN(C)CCC1.CC(C)C1CCCN(C)C1.CC(C)C1CCCN1C.CC(C)C1CCN(C)C1.CC(C)N1CCN(C)CC1. The molecule has 9 aliphatic heterocycles. The summed E-state index contributed by atoms with van der Waals surface area (Å²) in [5.41, 5.74) is 7.95. The van der Waals surface area contributed by atoms with Gasteiger partial charge in [0, 0.05) is 124 Å². The van der Waals surface area contributed by atoms with Crippen LogP contribution < -0.4 is 0 Å². The van der Waals surface area contributed by atoms with Crippen molar-refractivity contribution >= 4 is 0 Å². The molecule has 9 heterocycles. The zero-order valence-electron chi connectivity index (χ0n) is 62.9. The summed E-state index contributed by atoms with van der Waals surface area (Å²) < 4.78 is 0. The Morgan fingerprint density at radius 1 is 0.364 bits per heavy atom. The summed E-state index contributed by atoms with van der Waals surface area (Å²) in [6, 6.07) is 1.60. The van der Waals surface area contributed by atoms with Crippen LogP contribution in [-0.4, -0.2) is 236 Å². The maximum atomic E-state index is 2.53. The summed E-state index contributed by atoms with van der Waals surface area (Å²) in [7, 11) is 19.7. The number of likely N-dealkylation sites (N-methyl/N-ethyl adjacent to an activating group) is 4. The van der Waals surface area contributed by atoms with Crippen LogP contribution in [0, 0.1) is 59.2 Å². The van der Waals surface area contributed by atoms with Crippen LogP contribution in [0.2, 0.25) is 0 Å². The average Bonchev–Trinajstić information content (AvgIpc) is 4.41. The fraction of sp³-hybridized carbons (Fsp3) is 0.872. The largest absolute Gasteiger partial charge is 0.380 e. The van der Waals surface area contributed by atoms with Gasteiger partial charge in [-0.1, -0.05) is 172 Å². The lowest BCUT2D eigenvalue weighted by atomic mass is 9.88. The molecule has 9 rings (SSSR count). The molecular weight excluding hydrogens is 1080 g/mol. The molecule has 0 radical (unpaired) electrons. The van der Waals surface area contributed by atoms with Gasteiger partial charge in [-0.05, 0) is 212 Å². The predicted molar refractivity (Wildman–Crippen MR) is 399 cm³/mol. The second-order valence-electron chi connectivity index (χ2n) is 30.8. The Labute approximate surface area is 554 Å². The van der Waals surface area contributed by atoms with Gasteiger partial charge in [-0.25, -0.2) is 0 Å². The zero-order chi connectivity index (χ0) is 65.2. The Morgan fingerprint density at radius 3 is 1.18 bits per heavy atom. The van der Waals surface area contributed by atoms with Gasteiger partial charge in [0.1, 0.15) is 0 Å². The molecule has 3 atom stereocenters. The molecule has 0 bridgehead atoms. The van der Waals surface area contributed by atoms with Gasteiger partial charge in [0.15, 0.2) is 0 Å². The second-order valence-corrected chi connectivity index (χ2v) is 30.8. The van der Waals surface area contributed by atoms with Gasteiger partial charge in [-0.15, -0.1) is 0 Å². The van der Waals surface area contributed by atoms with Crippen molar-refractivity contribution in [2.75, 3.05) is 175 Å². The van der Waals surface area contributed by atoms with Gasteiger partial charge in [-0.3, -0.25) is 9.80 Å². The van der Waals surface area contributed by atoms with Crippen molar-refractivity contribution in [1.82, 2.24) is 49.0 Å². The molecule has 9 aliphatic rings. The molecule has 0 aromatic heterocycles. The summed E-state index contributed by atoms with van der Waals surface area (Å²) in [6.07, 6.45) is 25.2. The smallest absolute Gasteiger partial charge is 0.0207 e. The molecular formula is C78H160N10. The average molecular weight is 1240 g/mol. The van der Waals surface area contributed by atoms with Gasteiger partial charge >= 0.3 is 0 Å². The lowest BCUT2D eigenvalue weighted by molar-refractivity contribution is 0.126. The van der Waals surface area contributed by atoms with Crippen LogP contribution >= 0.6 is 0 Å². The van der Waals surface area contributed by atoms with E-state index < -0.39 is 0 Å². The number of piperidine rings is 1. The highest BCUT2D eigenvalue weighted by Crippen LogP contribution is 2.25. The first-order valence-electron chi connectivity index (χ1n) is 35.8. The van der Waals surface area contributed by atoms with E-state index in [0.29, 0.717) is 5.92 Å². The number of rotatable bonds is 9. The highest BCUT2D eigenvalue weighted by atomic mass is 15.3. The van der Waals surface area contributed by atoms with E-state index in [1.54, 1.807) is 22.3 Å². The van der Waals surface area contributed by atoms with Crippen LogP contribution in [0.25, 0.3) is 0 Å². The standard InChI is InChI=1S/C9H17N.C9H19N.2C9H17N.C8H18N2.C8H17N.C8H15N.C8H17N.C8H15N.2CH4/c1-8(2)9-4-6-10(3)7-5-9;3*1-8(2)9-5-4-6-10(3)7-9;1-8(2)10-6-4-9(3)5-7-10;2*1-7(2)8-4-5-9(3)6-8;2*1-7(2)8-5-4-6-9(8)3;;/h4,8H,5-7H2,1-3H3;8-9H,4-7H2,1-3H3;7-8H,4-6H2,1-3H3;5,8H,4,6-7H2,1-3H3;8H,4-7H2,1-3H3;7-8H,4-6H2,1-3H3;4,7H,5-6H2,1-3H3;7-8H,4-6H2,1-3H3;5,7H,4,6H2,1-3H3;2*1H4. The van der Waals surface area contributed by atoms with Crippen molar-refractivity contribution in [3.8, 4) is 0 Å².